The minimum atomic E-state index is -1.20. The molecular formula is C25H22ClNO4. The van der Waals surface area contributed by atoms with E-state index in [1.807, 2.05) is 43.3 Å². The molecule has 1 N–H and O–H groups in total. The molecule has 1 amide bonds. The third kappa shape index (κ3) is 3.89. The molecule has 0 saturated heterocycles. The van der Waals surface area contributed by atoms with Crippen LogP contribution in [0.15, 0.2) is 66.7 Å². The van der Waals surface area contributed by atoms with Crippen LogP contribution in [0, 0.1) is 6.92 Å². The number of fused-ring (bicyclic) bond motifs is 3. The van der Waals surface area contributed by atoms with E-state index in [1.54, 1.807) is 18.2 Å². The van der Waals surface area contributed by atoms with Crippen molar-refractivity contribution >= 4 is 23.7 Å². The topological polar surface area (TPSA) is 66.8 Å². The highest BCUT2D eigenvalue weighted by molar-refractivity contribution is 6.31. The fourth-order valence-corrected chi connectivity index (χ4v) is 4.30. The number of ether oxygens (including phenoxy) is 1. The molecule has 0 aliphatic heterocycles. The first-order chi connectivity index (χ1) is 14.9. The lowest BCUT2D eigenvalue weighted by Crippen LogP contribution is -2.36. The van der Waals surface area contributed by atoms with Crippen molar-refractivity contribution in [2.24, 2.45) is 0 Å². The Morgan fingerprint density at radius 3 is 2.16 bits per heavy atom. The van der Waals surface area contributed by atoms with Gasteiger partial charge in [-0.3, -0.25) is 4.90 Å². The second-order valence-electron chi connectivity index (χ2n) is 7.66. The predicted molar refractivity (Wildman–Crippen MR) is 119 cm³/mol. The summed E-state index contributed by atoms with van der Waals surface area (Å²) in [5.74, 6) is -1.25. The number of carboxylic acids is 1. The Morgan fingerprint density at radius 1 is 1.03 bits per heavy atom. The summed E-state index contributed by atoms with van der Waals surface area (Å²) in [5, 5.41) is 10.2. The van der Waals surface area contributed by atoms with Crippen LogP contribution >= 0.6 is 11.6 Å². The van der Waals surface area contributed by atoms with Gasteiger partial charge >= 0.3 is 12.1 Å². The summed E-state index contributed by atoms with van der Waals surface area (Å²) in [4.78, 5) is 25.8. The van der Waals surface area contributed by atoms with E-state index in [2.05, 4.69) is 12.1 Å². The molecular weight excluding hydrogens is 414 g/mol. The molecule has 1 aliphatic rings. The van der Waals surface area contributed by atoms with E-state index in [0.717, 1.165) is 32.7 Å². The Labute approximate surface area is 185 Å². The second-order valence-corrected chi connectivity index (χ2v) is 8.07. The van der Waals surface area contributed by atoms with Gasteiger partial charge in [0.2, 0.25) is 0 Å². The zero-order valence-corrected chi connectivity index (χ0v) is 18.0. The molecule has 3 aromatic carbocycles. The lowest BCUT2D eigenvalue weighted by molar-refractivity contribution is -0.142. The molecule has 0 heterocycles. The molecule has 0 radical (unpaired) electrons. The van der Waals surface area contributed by atoms with Gasteiger partial charge in [-0.2, -0.15) is 0 Å². The summed E-state index contributed by atoms with van der Waals surface area (Å²) in [5.41, 5.74) is 5.70. The van der Waals surface area contributed by atoms with E-state index in [9.17, 15) is 14.7 Å². The predicted octanol–water partition coefficient (Wildman–Crippen LogP) is 5.66. The molecule has 4 rings (SSSR count). The van der Waals surface area contributed by atoms with Crippen LogP contribution in [0.5, 0.6) is 0 Å². The molecule has 158 valence electrons. The smallest absolute Gasteiger partial charge is 0.410 e. The highest BCUT2D eigenvalue weighted by atomic mass is 35.5. The second kappa shape index (κ2) is 8.44. The lowest BCUT2D eigenvalue weighted by atomic mass is 9.98. The number of carbonyl (C=O) groups is 2. The molecule has 1 aliphatic carbocycles. The van der Waals surface area contributed by atoms with Gasteiger partial charge in [-0.1, -0.05) is 72.3 Å². The van der Waals surface area contributed by atoms with E-state index in [0.29, 0.717) is 10.6 Å². The van der Waals surface area contributed by atoms with Gasteiger partial charge < -0.3 is 9.84 Å². The van der Waals surface area contributed by atoms with Gasteiger partial charge in [-0.25, -0.2) is 9.59 Å². The van der Waals surface area contributed by atoms with E-state index in [1.165, 1.54) is 7.05 Å². The number of aryl methyl sites for hydroxylation is 1. The number of aliphatic carboxylic acids is 1. The van der Waals surface area contributed by atoms with Crippen LogP contribution < -0.4 is 0 Å². The number of rotatable bonds is 5. The van der Waals surface area contributed by atoms with Crippen molar-refractivity contribution in [1.82, 2.24) is 4.90 Å². The van der Waals surface area contributed by atoms with Crippen LogP contribution in [0.2, 0.25) is 5.02 Å². The Morgan fingerprint density at radius 2 is 1.61 bits per heavy atom. The van der Waals surface area contributed by atoms with E-state index in [4.69, 9.17) is 16.3 Å². The van der Waals surface area contributed by atoms with Crippen molar-refractivity contribution in [1.29, 1.82) is 0 Å². The summed E-state index contributed by atoms with van der Waals surface area (Å²) in [6.45, 7) is 1.95. The van der Waals surface area contributed by atoms with Gasteiger partial charge in [0.15, 0.2) is 6.04 Å². The summed E-state index contributed by atoms with van der Waals surface area (Å²) >= 11 is 6.16. The molecule has 0 aromatic heterocycles. The molecule has 0 bridgehead atoms. The number of hydrogen-bond acceptors (Lipinski definition) is 3. The SMILES string of the molecule is Cc1ccc(C(C(=O)O)N(C)C(=O)OCC2c3ccccc3-c3ccccc32)cc1Cl. The summed E-state index contributed by atoms with van der Waals surface area (Å²) in [6, 6.07) is 19.9. The quantitative estimate of drug-likeness (QED) is 0.562. The molecule has 0 saturated carbocycles. The molecule has 1 atom stereocenters. The van der Waals surface area contributed by atoms with Crippen LogP contribution in [0.1, 0.15) is 34.2 Å². The third-order valence-electron chi connectivity index (χ3n) is 5.76. The number of nitrogens with zero attached hydrogens (tertiary/aromatic N) is 1. The van der Waals surface area contributed by atoms with Gasteiger partial charge in [0, 0.05) is 18.0 Å². The average molecular weight is 436 g/mol. The fraction of sp³-hybridized carbons (Fsp3) is 0.200. The standard InChI is InChI=1S/C25H22ClNO4/c1-15-11-12-16(13-22(15)26)23(24(28)29)27(2)25(30)31-14-21-19-9-5-3-7-17(19)18-8-4-6-10-20(18)21/h3-13,21,23H,14H2,1-2H3,(H,28,29). The fourth-order valence-electron chi connectivity index (χ4n) is 4.11. The molecule has 3 aromatic rings. The zero-order valence-electron chi connectivity index (χ0n) is 17.2. The molecule has 6 heteroatoms. The van der Waals surface area contributed by atoms with Crippen molar-refractivity contribution < 1.29 is 19.4 Å². The van der Waals surface area contributed by atoms with Crippen LogP contribution in [0.3, 0.4) is 0 Å². The summed E-state index contributed by atoms with van der Waals surface area (Å²) in [7, 11) is 1.42. The Bertz CT molecular complexity index is 1110. The number of hydrogen-bond donors (Lipinski definition) is 1. The number of amides is 1. The summed E-state index contributed by atoms with van der Waals surface area (Å²) < 4.78 is 5.60. The van der Waals surface area contributed by atoms with Crippen molar-refractivity contribution in [3.63, 3.8) is 0 Å². The van der Waals surface area contributed by atoms with Gasteiger partial charge in [0.05, 0.1) is 0 Å². The first kappa shape index (κ1) is 20.9. The maximum Gasteiger partial charge on any atom is 0.410 e. The highest BCUT2D eigenvalue weighted by Gasteiger charge is 2.32. The van der Waals surface area contributed by atoms with Crippen LogP contribution in [-0.4, -0.2) is 35.7 Å². The normalized spacial score (nSPS) is 13.3. The largest absolute Gasteiger partial charge is 0.479 e. The zero-order chi connectivity index (χ0) is 22.1. The highest BCUT2D eigenvalue weighted by Crippen LogP contribution is 2.44. The van der Waals surface area contributed by atoms with Gasteiger partial charge in [-0.15, -0.1) is 0 Å². The lowest BCUT2D eigenvalue weighted by Gasteiger charge is -2.25. The Balaban J connectivity index is 1.54. The number of carboxylic acid groups (broad SMARTS) is 1. The van der Waals surface area contributed by atoms with Crippen molar-refractivity contribution in [3.8, 4) is 11.1 Å². The van der Waals surface area contributed by atoms with Crippen LogP contribution in [-0.2, 0) is 9.53 Å². The maximum atomic E-state index is 12.8. The monoisotopic (exact) mass is 435 g/mol. The third-order valence-corrected chi connectivity index (χ3v) is 6.16. The van der Waals surface area contributed by atoms with Crippen LogP contribution in [0.25, 0.3) is 11.1 Å². The minimum absolute atomic E-state index is 0.0955. The molecule has 1 unspecified atom stereocenters. The van der Waals surface area contributed by atoms with Gasteiger partial charge in [0.25, 0.3) is 0 Å². The van der Waals surface area contributed by atoms with Crippen molar-refractivity contribution in [3.05, 3.63) is 94.0 Å². The van der Waals surface area contributed by atoms with Crippen molar-refractivity contribution in [2.75, 3.05) is 13.7 Å². The Kier molecular flexibility index (Phi) is 5.70. The molecule has 31 heavy (non-hydrogen) atoms. The number of halogens is 1. The molecule has 5 nitrogen and oxygen atoms in total. The number of benzene rings is 3. The van der Waals surface area contributed by atoms with E-state index in [-0.39, 0.29) is 12.5 Å². The number of likely N-dealkylation sites (N-methyl/N-ethyl adjacent to an activating group) is 1. The van der Waals surface area contributed by atoms with Crippen molar-refractivity contribution in [2.45, 2.75) is 18.9 Å². The van der Waals surface area contributed by atoms with Gasteiger partial charge in [0.1, 0.15) is 6.61 Å². The maximum absolute atomic E-state index is 12.8. The first-order valence-electron chi connectivity index (χ1n) is 9.95. The Hall–Kier alpha value is -3.31. The first-order valence-corrected chi connectivity index (χ1v) is 10.3. The summed E-state index contributed by atoms with van der Waals surface area (Å²) in [6.07, 6.45) is -0.703. The molecule has 0 spiro atoms. The average Bonchev–Trinajstić information content (AvgIpc) is 3.08. The van der Waals surface area contributed by atoms with Crippen LogP contribution in [0.4, 0.5) is 4.79 Å². The molecule has 0 fully saturated rings. The van der Waals surface area contributed by atoms with E-state index >= 15 is 0 Å². The van der Waals surface area contributed by atoms with Gasteiger partial charge in [-0.05, 0) is 46.4 Å². The number of carbonyl (C=O) groups excluding carboxylic acids is 1. The van der Waals surface area contributed by atoms with E-state index < -0.39 is 18.1 Å². The minimum Gasteiger partial charge on any atom is -0.479 e.